The van der Waals surface area contributed by atoms with E-state index in [1.165, 1.54) is 11.1 Å². The summed E-state index contributed by atoms with van der Waals surface area (Å²) in [5, 5.41) is 2.91. The molecule has 0 unspecified atom stereocenters. The number of benzene rings is 1. The molecule has 0 saturated carbocycles. The number of amides is 1. The summed E-state index contributed by atoms with van der Waals surface area (Å²) < 4.78 is 0. The maximum absolute atomic E-state index is 11.8. The number of hydrogen-bond acceptors (Lipinski definition) is 2. The minimum Gasteiger partial charge on any atom is -0.351 e. The summed E-state index contributed by atoms with van der Waals surface area (Å²) in [6, 6.07) is 7.75. The van der Waals surface area contributed by atoms with Crippen molar-refractivity contribution in [3.8, 4) is 0 Å². The van der Waals surface area contributed by atoms with E-state index >= 15 is 0 Å². The van der Waals surface area contributed by atoms with Gasteiger partial charge in [0.25, 0.3) is 0 Å². The van der Waals surface area contributed by atoms with Crippen molar-refractivity contribution < 1.29 is 4.79 Å². The van der Waals surface area contributed by atoms with Crippen LogP contribution in [-0.4, -0.2) is 11.9 Å². The molecule has 0 spiro atoms. The number of hydrogen-bond donors (Lipinski definition) is 2. The van der Waals surface area contributed by atoms with E-state index in [-0.39, 0.29) is 5.91 Å². The van der Waals surface area contributed by atoms with Crippen molar-refractivity contribution in [2.24, 2.45) is 11.7 Å². The highest BCUT2D eigenvalue weighted by molar-refractivity contribution is 5.81. The number of nitrogens with one attached hydrogen (secondary N) is 1. The first kappa shape index (κ1) is 14.7. The third-order valence-corrected chi connectivity index (χ3v) is 3.01. The van der Waals surface area contributed by atoms with Crippen LogP contribution < -0.4 is 11.1 Å². The van der Waals surface area contributed by atoms with E-state index in [0.717, 1.165) is 12.8 Å². The van der Waals surface area contributed by atoms with E-state index in [2.05, 4.69) is 32.2 Å². The molecule has 3 heteroatoms. The molecule has 1 aromatic carbocycles. The van der Waals surface area contributed by atoms with Crippen LogP contribution >= 0.6 is 0 Å². The van der Waals surface area contributed by atoms with E-state index in [1.807, 2.05) is 18.2 Å². The molecule has 0 aliphatic rings. The average molecular weight is 248 g/mol. The summed E-state index contributed by atoms with van der Waals surface area (Å²) in [7, 11) is 0. The molecule has 100 valence electrons. The number of aryl methyl sites for hydroxylation is 1. The first-order valence-electron chi connectivity index (χ1n) is 6.64. The maximum atomic E-state index is 11.8. The van der Waals surface area contributed by atoms with E-state index < -0.39 is 6.04 Å². The zero-order valence-corrected chi connectivity index (χ0v) is 11.6. The van der Waals surface area contributed by atoms with E-state index in [1.54, 1.807) is 0 Å². The summed E-state index contributed by atoms with van der Waals surface area (Å²) in [4.78, 5) is 11.8. The smallest absolute Gasteiger partial charge is 0.237 e. The highest BCUT2D eigenvalue weighted by Gasteiger charge is 2.14. The molecule has 0 aliphatic heterocycles. The molecule has 0 aliphatic carbocycles. The number of carbonyl (C=O) groups is 1. The van der Waals surface area contributed by atoms with Gasteiger partial charge in [-0.3, -0.25) is 4.79 Å². The largest absolute Gasteiger partial charge is 0.351 e. The zero-order valence-electron chi connectivity index (χ0n) is 11.6. The first-order chi connectivity index (χ1) is 8.54. The molecule has 0 fully saturated rings. The van der Waals surface area contributed by atoms with E-state index in [4.69, 9.17) is 5.73 Å². The predicted molar refractivity (Wildman–Crippen MR) is 75.1 cm³/mol. The van der Waals surface area contributed by atoms with Gasteiger partial charge in [-0.1, -0.05) is 45.0 Å². The minimum atomic E-state index is -0.404. The second-order valence-corrected chi connectivity index (χ2v) is 5.08. The summed E-state index contributed by atoms with van der Waals surface area (Å²) in [6.45, 7) is 6.82. The summed E-state index contributed by atoms with van der Waals surface area (Å²) in [5.41, 5.74) is 8.29. The van der Waals surface area contributed by atoms with Crippen molar-refractivity contribution in [2.75, 3.05) is 0 Å². The third kappa shape index (κ3) is 4.49. The molecule has 1 atom stereocenters. The van der Waals surface area contributed by atoms with E-state index in [9.17, 15) is 4.79 Å². The molecule has 1 aromatic rings. The van der Waals surface area contributed by atoms with Crippen LogP contribution in [0.25, 0.3) is 0 Å². The zero-order chi connectivity index (χ0) is 13.5. The quantitative estimate of drug-likeness (QED) is 0.811. The van der Waals surface area contributed by atoms with Gasteiger partial charge in [0.1, 0.15) is 0 Å². The van der Waals surface area contributed by atoms with Crippen LogP contribution in [0.4, 0.5) is 0 Å². The Hall–Kier alpha value is -1.35. The van der Waals surface area contributed by atoms with Gasteiger partial charge in [0.15, 0.2) is 0 Å². The second kappa shape index (κ2) is 7.17. The molecule has 0 saturated heterocycles. The van der Waals surface area contributed by atoms with Gasteiger partial charge >= 0.3 is 0 Å². The lowest BCUT2D eigenvalue weighted by molar-refractivity contribution is -0.122. The van der Waals surface area contributed by atoms with Gasteiger partial charge in [-0.2, -0.15) is 0 Å². The highest BCUT2D eigenvalue weighted by atomic mass is 16.2. The highest BCUT2D eigenvalue weighted by Crippen LogP contribution is 2.09. The Kier molecular flexibility index (Phi) is 5.86. The molecule has 18 heavy (non-hydrogen) atoms. The number of nitrogens with two attached hydrogens (primary N) is 1. The van der Waals surface area contributed by atoms with Crippen molar-refractivity contribution in [1.82, 2.24) is 5.32 Å². The average Bonchev–Trinajstić information content (AvgIpc) is 2.35. The molecule has 3 N–H and O–H groups in total. The molecule has 0 radical (unpaired) electrons. The van der Waals surface area contributed by atoms with Crippen LogP contribution in [0.3, 0.4) is 0 Å². The Morgan fingerprint density at radius 3 is 2.44 bits per heavy atom. The second-order valence-electron chi connectivity index (χ2n) is 5.08. The SMILES string of the molecule is CCc1ccccc1CNC(=O)[C@H](N)CC(C)C. The maximum Gasteiger partial charge on any atom is 0.237 e. The van der Waals surface area contributed by atoms with Crippen molar-refractivity contribution in [3.63, 3.8) is 0 Å². The standard InChI is InChI=1S/C15H24N2O/c1-4-12-7-5-6-8-13(12)10-17-15(18)14(16)9-11(2)3/h5-8,11,14H,4,9-10,16H2,1-3H3,(H,17,18)/t14-/m1/s1. The minimum absolute atomic E-state index is 0.0605. The van der Waals surface area contributed by atoms with Crippen molar-refractivity contribution >= 4 is 5.91 Å². The van der Waals surface area contributed by atoms with Crippen LogP contribution in [0.5, 0.6) is 0 Å². The lowest BCUT2D eigenvalue weighted by Crippen LogP contribution is -2.41. The van der Waals surface area contributed by atoms with Crippen molar-refractivity contribution in [1.29, 1.82) is 0 Å². The Balaban J connectivity index is 2.52. The van der Waals surface area contributed by atoms with E-state index in [0.29, 0.717) is 12.5 Å². The Morgan fingerprint density at radius 1 is 1.28 bits per heavy atom. The third-order valence-electron chi connectivity index (χ3n) is 3.01. The molecule has 1 rings (SSSR count). The molecule has 3 nitrogen and oxygen atoms in total. The van der Waals surface area contributed by atoms with Gasteiger partial charge in [0.05, 0.1) is 6.04 Å². The Labute approximate surface area is 110 Å². The van der Waals surface area contributed by atoms with Crippen molar-refractivity contribution in [2.45, 2.75) is 46.2 Å². The van der Waals surface area contributed by atoms with Gasteiger partial charge in [-0.05, 0) is 29.9 Å². The topological polar surface area (TPSA) is 55.1 Å². The molecular weight excluding hydrogens is 224 g/mol. The van der Waals surface area contributed by atoms with Gasteiger partial charge in [-0.25, -0.2) is 0 Å². The van der Waals surface area contributed by atoms with Gasteiger partial charge in [0.2, 0.25) is 5.91 Å². The molecular formula is C15H24N2O. The Morgan fingerprint density at radius 2 is 1.89 bits per heavy atom. The van der Waals surface area contributed by atoms with Crippen LogP contribution in [0.1, 0.15) is 38.3 Å². The molecule has 0 heterocycles. The van der Waals surface area contributed by atoms with Gasteiger partial charge < -0.3 is 11.1 Å². The fraction of sp³-hybridized carbons (Fsp3) is 0.533. The van der Waals surface area contributed by atoms with Gasteiger partial charge in [0, 0.05) is 6.54 Å². The van der Waals surface area contributed by atoms with Gasteiger partial charge in [-0.15, -0.1) is 0 Å². The van der Waals surface area contributed by atoms with Crippen LogP contribution in [-0.2, 0) is 17.8 Å². The fourth-order valence-electron chi connectivity index (χ4n) is 2.00. The monoisotopic (exact) mass is 248 g/mol. The van der Waals surface area contributed by atoms with Crippen LogP contribution in [0, 0.1) is 5.92 Å². The summed E-state index contributed by atoms with van der Waals surface area (Å²) in [5.74, 6) is 0.378. The lowest BCUT2D eigenvalue weighted by Gasteiger charge is -2.15. The lowest BCUT2D eigenvalue weighted by atomic mass is 10.0. The molecule has 0 bridgehead atoms. The predicted octanol–water partition coefficient (Wildman–Crippen LogP) is 2.24. The normalized spacial score (nSPS) is 12.5. The number of carbonyl (C=O) groups excluding carboxylic acids is 1. The van der Waals surface area contributed by atoms with Crippen LogP contribution in [0.2, 0.25) is 0 Å². The summed E-state index contributed by atoms with van der Waals surface area (Å²) >= 11 is 0. The van der Waals surface area contributed by atoms with Crippen LogP contribution in [0.15, 0.2) is 24.3 Å². The number of rotatable bonds is 6. The summed E-state index contributed by atoms with van der Waals surface area (Å²) in [6.07, 6.45) is 1.70. The fourth-order valence-corrected chi connectivity index (χ4v) is 2.00. The van der Waals surface area contributed by atoms with Crippen molar-refractivity contribution in [3.05, 3.63) is 35.4 Å². The Bertz CT molecular complexity index is 388. The first-order valence-corrected chi connectivity index (χ1v) is 6.64. The molecule has 1 amide bonds. The molecule has 0 aromatic heterocycles.